The van der Waals surface area contributed by atoms with Crippen LogP contribution in [0.3, 0.4) is 0 Å². The van der Waals surface area contributed by atoms with E-state index >= 15 is 0 Å². The number of nitrogens with zero attached hydrogens (tertiary/aromatic N) is 1. The molecule has 0 aromatic carbocycles. The summed E-state index contributed by atoms with van der Waals surface area (Å²) >= 11 is 0. The molecule has 8 nitrogen and oxygen atoms in total. The SMILES string of the molecule is CC(NC(=O)c1ccoc1)C(=O)N1CCCC(CNC(=O)C2CCCN2)C1.Cl. The van der Waals surface area contributed by atoms with Crippen LogP contribution in [0.15, 0.2) is 23.0 Å². The zero-order chi connectivity index (χ0) is 19.2. The quantitative estimate of drug-likeness (QED) is 0.644. The lowest BCUT2D eigenvalue weighted by atomic mass is 9.97. The van der Waals surface area contributed by atoms with Gasteiger partial charge in [0.15, 0.2) is 0 Å². The van der Waals surface area contributed by atoms with Gasteiger partial charge in [0.1, 0.15) is 12.3 Å². The molecule has 3 N–H and O–H groups in total. The monoisotopic (exact) mass is 412 g/mol. The number of amides is 3. The molecule has 2 saturated heterocycles. The number of carbonyl (C=O) groups is 3. The standard InChI is InChI=1S/C19H28N4O4.ClH/c1-13(22-17(24)15-6-9-27-12-15)19(26)23-8-3-4-14(11-23)10-21-18(25)16-5-2-7-20-16;/h6,9,12-14,16,20H,2-5,7-8,10-11H2,1H3,(H,21,25)(H,22,24);1H. The molecule has 2 aliphatic rings. The van der Waals surface area contributed by atoms with Gasteiger partial charge in [-0.25, -0.2) is 0 Å². The van der Waals surface area contributed by atoms with Crippen LogP contribution < -0.4 is 16.0 Å². The van der Waals surface area contributed by atoms with Gasteiger partial charge in [0.2, 0.25) is 11.8 Å². The summed E-state index contributed by atoms with van der Waals surface area (Å²) in [7, 11) is 0. The lowest BCUT2D eigenvalue weighted by molar-refractivity contribution is -0.134. The second-order valence-electron chi connectivity index (χ2n) is 7.39. The first-order chi connectivity index (χ1) is 13.0. The predicted molar refractivity (Wildman–Crippen MR) is 106 cm³/mol. The molecule has 9 heteroatoms. The predicted octanol–water partition coefficient (Wildman–Crippen LogP) is 0.927. The Kier molecular flexibility index (Phi) is 8.32. The Hall–Kier alpha value is -2.06. The first kappa shape index (κ1) is 22.2. The fourth-order valence-electron chi connectivity index (χ4n) is 3.72. The van der Waals surface area contributed by atoms with E-state index in [4.69, 9.17) is 4.42 Å². The van der Waals surface area contributed by atoms with E-state index in [9.17, 15) is 14.4 Å². The van der Waals surface area contributed by atoms with Crippen molar-refractivity contribution in [1.82, 2.24) is 20.9 Å². The van der Waals surface area contributed by atoms with Crippen molar-refractivity contribution in [2.45, 2.75) is 44.7 Å². The second-order valence-corrected chi connectivity index (χ2v) is 7.39. The number of likely N-dealkylation sites (tertiary alicyclic amines) is 1. The first-order valence-electron chi connectivity index (χ1n) is 9.67. The molecular weight excluding hydrogens is 384 g/mol. The molecule has 3 rings (SSSR count). The molecule has 2 fully saturated rings. The molecule has 0 radical (unpaired) electrons. The normalized spacial score (nSPS) is 22.8. The van der Waals surface area contributed by atoms with Crippen molar-refractivity contribution in [3.63, 3.8) is 0 Å². The molecule has 3 atom stereocenters. The fraction of sp³-hybridized carbons (Fsp3) is 0.632. The summed E-state index contributed by atoms with van der Waals surface area (Å²) in [6, 6.07) is 0.874. The van der Waals surface area contributed by atoms with Crippen molar-refractivity contribution in [1.29, 1.82) is 0 Å². The lowest BCUT2D eigenvalue weighted by Gasteiger charge is -2.34. The Morgan fingerprint density at radius 3 is 2.82 bits per heavy atom. The van der Waals surface area contributed by atoms with E-state index in [1.807, 2.05) is 0 Å². The van der Waals surface area contributed by atoms with Gasteiger partial charge in [0, 0.05) is 19.6 Å². The number of hydrogen-bond donors (Lipinski definition) is 3. The van der Waals surface area contributed by atoms with Gasteiger partial charge in [-0.15, -0.1) is 12.4 Å². The second kappa shape index (κ2) is 10.5. The molecule has 28 heavy (non-hydrogen) atoms. The Balaban J connectivity index is 0.00000280. The van der Waals surface area contributed by atoms with E-state index in [2.05, 4.69) is 16.0 Å². The molecular formula is C19H29ClN4O4. The maximum Gasteiger partial charge on any atom is 0.255 e. The van der Waals surface area contributed by atoms with E-state index in [0.717, 1.165) is 32.2 Å². The highest BCUT2D eigenvalue weighted by molar-refractivity contribution is 5.97. The number of piperidine rings is 1. The molecule has 3 amide bonds. The zero-order valence-corrected chi connectivity index (χ0v) is 16.9. The van der Waals surface area contributed by atoms with Crippen LogP contribution in [-0.4, -0.2) is 60.9 Å². The summed E-state index contributed by atoms with van der Waals surface area (Å²) in [5, 5.41) is 8.92. The molecule has 3 unspecified atom stereocenters. The van der Waals surface area contributed by atoms with Crippen molar-refractivity contribution >= 4 is 30.1 Å². The van der Waals surface area contributed by atoms with Crippen molar-refractivity contribution in [3.05, 3.63) is 24.2 Å². The van der Waals surface area contributed by atoms with Crippen LogP contribution in [0, 0.1) is 5.92 Å². The summed E-state index contributed by atoms with van der Waals surface area (Å²) in [6.45, 7) is 4.45. The molecule has 3 heterocycles. The van der Waals surface area contributed by atoms with E-state index in [-0.39, 0.29) is 42.1 Å². The van der Waals surface area contributed by atoms with Gasteiger partial charge in [-0.2, -0.15) is 0 Å². The van der Waals surface area contributed by atoms with Crippen LogP contribution >= 0.6 is 12.4 Å². The number of carbonyl (C=O) groups excluding carboxylic acids is 3. The van der Waals surface area contributed by atoms with Crippen LogP contribution in [0.25, 0.3) is 0 Å². The minimum absolute atomic E-state index is 0. The van der Waals surface area contributed by atoms with Gasteiger partial charge in [-0.3, -0.25) is 14.4 Å². The average Bonchev–Trinajstić information content (AvgIpc) is 3.39. The maximum absolute atomic E-state index is 12.7. The highest BCUT2D eigenvalue weighted by Crippen LogP contribution is 2.17. The Morgan fingerprint density at radius 1 is 1.32 bits per heavy atom. The van der Waals surface area contributed by atoms with Gasteiger partial charge in [-0.05, 0) is 51.1 Å². The first-order valence-corrected chi connectivity index (χ1v) is 9.67. The Morgan fingerprint density at radius 2 is 2.14 bits per heavy atom. The van der Waals surface area contributed by atoms with Gasteiger partial charge in [0.25, 0.3) is 5.91 Å². The smallest absolute Gasteiger partial charge is 0.255 e. The van der Waals surface area contributed by atoms with E-state index < -0.39 is 6.04 Å². The molecule has 0 bridgehead atoms. The minimum Gasteiger partial charge on any atom is -0.472 e. The average molecular weight is 413 g/mol. The number of nitrogens with one attached hydrogen (secondary N) is 3. The topological polar surface area (TPSA) is 104 Å². The van der Waals surface area contributed by atoms with Crippen molar-refractivity contribution in [3.8, 4) is 0 Å². The Bertz CT molecular complexity index is 661. The Labute approximate surface area is 171 Å². The van der Waals surface area contributed by atoms with Crippen molar-refractivity contribution in [2.75, 3.05) is 26.2 Å². The van der Waals surface area contributed by atoms with E-state index in [0.29, 0.717) is 25.2 Å². The van der Waals surface area contributed by atoms with Gasteiger partial charge >= 0.3 is 0 Å². The molecule has 156 valence electrons. The number of furan rings is 1. The third kappa shape index (κ3) is 5.72. The number of rotatable bonds is 6. The van der Waals surface area contributed by atoms with Gasteiger partial charge in [0.05, 0.1) is 17.9 Å². The minimum atomic E-state index is -0.608. The van der Waals surface area contributed by atoms with Gasteiger partial charge < -0.3 is 25.3 Å². The molecule has 0 aliphatic carbocycles. The number of halogens is 1. The third-order valence-corrected chi connectivity index (χ3v) is 5.27. The van der Waals surface area contributed by atoms with Crippen molar-refractivity contribution < 1.29 is 18.8 Å². The highest BCUT2D eigenvalue weighted by atomic mass is 35.5. The fourth-order valence-corrected chi connectivity index (χ4v) is 3.72. The summed E-state index contributed by atoms with van der Waals surface area (Å²) < 4.78 is 4.90. The van der Waals surface area contributed by atoms with Crippen molar-refractivity contribution in [2.24, 2.45) is 5.92 Å². The van der Waals surface area contributed by atoms with E-state index in [1.165, 1.54) is 12.5 Å². The van der Waals surface area contributed by atoms with Crippen LogP contribution in [0.2, 0.25) is 0 Å². The summed E-state index contributed by atoms with van der Waals surface area (Å²) in [4.78, 5) is 38.7. The zero-order valence-electron chi connectivity index (χ0n) is 16.1. The maximum atomic E-state index is 12.7. The summed E-state index contributed by atoms with van der Waals surface area (Å²) in [5.41, 5.74) is 0.398. The lowest BCUT2D eigenvalue weighted by Crippen LogP contribution is -2.51. The molecule has 2 aliphatic heterocycles. The van der Waals surface area contributed by atoms with Crippen LogP contribution in [0.4, 0.5) is 0 Å². The molecule has 1 aromatic rings. The van der Waals surface area contributed by atoms with E-state index in [1.54, 1.807) is 17.9 Å². The summed E-state index contributed by atoms with van der Waals surface area (Å²) in [6.07, 6.45) is 6.58. The summed E-state index contributed by atoms with van der Waals surface area (Å²) in [5.74, 6) is -0.128. The molecule has 0 saturated carbocycles. The third-order valence-electron chi connectivity index (χ3n) is 5.27. The van der Waals surface area contributed by atoms with Crippen LogP contribution in [0.1, 0.15) is 43.0 Å². The van der Waals surface area contributed by atoms with Crippen LogP contribution in [0.5, 0.6) is 0 Å². The highest BCUT2D eigenvalue weighted by Gasteiger charge is 2.29. The largest absolute Gasteiger partial charge is 0.472 e. The molecule has 1 aromatic heterocycles. The molecule has 0 spiro atoms. The van der Waals surface area contributed by atoms with Crippen LogP contribution in [-0.2, 0) is 9.59 Å². The van der Waals surface area contributed by atoms with Gasteiger partial charge in [-0.1, -0.05) is 0 Å². The number of hydrogen-bond acceptors (Lipinski definition) is 5.